The zero-order chi connectivity index (χ0) is 13.5. The van der Waals surface area contributed by atoms with Crippen molar-refractivity contribution < 1.29 is 9.53 Å². The minimum absolute atomic E-state index is 0.0213. The number of nitrogens with zero attached hydrogens (tertiary/aromatic N) is 2. The standard InChI is InChI=1S/C15H15N3O2/c19-15(14-9-20-14)17-13-6-12(13)10-7-16-18(8-10)11-4-2-1-3-5-11/h1-5,7-8,12-14H,6,9H2,(H,17,19)/t12-,13+,14?/m0/s1. The molecule has 3 atom stereocenters. The second kappa shape index (κ2) is 4.45. The number of benzene rings is 1. The summed E-state index contributed by atoms with van der Waals surface area (Å²) in [6.07, 6.45) is 4.71. The van der Waals surface area contributed by atoms with Crippen LogP contribution in [0.4, 0.5) is 0 Å². The predicted molar refractivity (Wildman–Crippen MR) is 72.6 cm³/mol. The van der Waals surface area contributed by atoms with Gasteiger partial charge in [0.05, 0.1) is 18.5 Å². The van der Waals surface area contributed by atoms with Crippen LogP contribution in [0.3, 0.4) is 0 Å². The van der Waals surface area contributed by atoms with Gasteiger partial charge in [-0.25, -0.2) is 4.68 Å². The van der Waals surface area contributed by atoms with Crippen molar-refractivity contribution in [1.29, 1.82) is 0 Å². The molecule has 1 aliphatic heterocycles. The molecule has 5 heteroatoms. The molecule has 1 aromatic carbocycles. The van der Waals surface area contributed by atoms with E-state index in [2.05, 4.69) is 10.4 Å². The van der Waals surface area contributed by atoms with Crippen LogP contribution < -0.4 is 5.32 Å². The molecule has 5 nitrogen and oxygen atoms in total. The molecule has 1 N–H and O–H groups in total. The third-order valence-electron chi connectivity index (χ3n) is 3.80. The Kier molecular flexibility index (Phi) is 2.60. The lowest BCUT2D eigenvalue weighted by Gasteiger charge is -2.01. The summed E-state index contributed by atoms with van der Waals surface area (Å²) in [4.78, 5) is 11.6. The monoisotopic (exact) mass is 269 g/mol. The summed E-state index contributed by atoms with van der Waals surface area (Å²) in [5.74, 6) is 0.406. The molecule has 4 rings (SSSR count). The molecular formula is C15H15N3O2. The lowest BCUT2D eigenvalue weighted by atomic mass is 10.2. The topological polar surface area (TPSA) is 59.5 Å². The first-order chi connectivity index (χ1) is 9.81. The van der Waals surface area contributed by atoms with E-state index in [1.165, 1.54) is 5.56 Å². The van der Waals surface area contributed by atoms with Gasteiger partial charge in [-0.15, -0.1) is 0 Å². The molecule has 0 radical (unpaired) electrons. The zero-order valence-corrected chi connectivity index (χ0v) is 10.9. The van der Waals surface area contributed by atoms with Gasteiger partial charge in [0.15, 0.2) is 6.10 Å². The zero-order valence-electron chi connectivity index (χ0n) is 10.9. The van der Waals surface area contributed by atoms with Gasteiger partial charge in [0.25, 0.3) is 5.91 Å². The summed E-state index contributed by atoms with van der Waals surface area (Å²) >= 11 is 0. The quantitative estimate of drug-likeness (QED) is 0.850. The highest BCUT2D eigenvalue weighted by molar-refractivity contribution is 5.83. The Labute approximate surface area is 116 Å². The minimum atomic E-state index is -0.205. The van der Waals surface area contributed by atoms with Crippen LogP contribution in [0.5, 0.6) is 0 Å². The Hall–Kier alpha value is -2.14. The SMILES string of the molecule is O=C(N[C@@H]1C[C@H]1c1cnn(-c2ccccc2)c1)C1CO1. The number of hydrogen-bond acceptors (Lipinski definition) is 3. The van der Waals surface area contributed by atoms with Gasteiger partial charge in [0.2, 0.25) is 0 Å². The maximum atomic E-state index is 11.6. The average molecular weight is 269 g/mol. The molecule has 2 aromatic rings. The first-order valence-electron chi connectivity index (χ1n) is 6.83. The van der Waals surface area contributed by atoms with Crippen molar-refractivity contribution in [3.8, 4) is 5.69 Å². The van der Waals surface area contributed by atoms with Crippen LogP contribution in [0, 0.1) is 0 Å². The van der Waals surface area contributed by atoms with E-state index in [0.717, 1.165) is 12.1 Å². The smallest absolute Gasteiger partial charge is 0.251 e. The molecule has 1 saturated carbocycles. The number of rotatable bonds is 4. The molecule has 20 heavy (non-hydrogen) atoms. The van der Waals surface area contributed by atoms with Crippen LogP contribution >= 0.6 is 0 Å². The molecule has 0 spiro atoms. The van der Waals surface area contributed by atoms with Crippen LogP contribution in [-0.4, -0.2) is 34.4 Å². The lowest BCUT2D eigenvalue weighted by Crippen LogP contribution is -2.30. The van der Waals surface area contributed by atoms with E-state index < -0.39 is 0 Å². The van der Waals surface area contributed by atoms with Crippen molar-refractivity contribution in [1.82, 2.24) is 15.1 Å². The summed E-state index contributed by atoms with van der Waals surface area (Å²) in [6.45, 7) is 0.565. The molecule has 1 unspecified atom stereocenters. The molecule has 1 saturated heterocycles. The number of aromatic nitrogens is 2. The van der Waals surface area contributed by atoms with Gasteiger partial charge >= 0.3 is 0 Å². The fraction of sp³-hybridized carbons (Fsp3) is 0.333. The first kappa shape index (κ1) is 11.7. The highest BCUT2D eigenvalue weighted by Crippen LogP contribution is 2.41. The molecule has 1 amide bonds. The van der Waals surface area contributed by atoms with Gasteiger partial charge in [-0.3, -0.25) is 4.79 Å². The highest BCUT2D eigenvalue weighted by Gasteiger charge is 2.43. The molecule has 0 bridgehead atoms. The van der Waals surface area contributed by atoms with Crippen LogP contribution in [0.15, 0.2) is 42.7 Å². The Morgan fingerprint density at radius 1 is 1.35 bits per heavy atom. The molecule has 2 heterocycles. The lowest BCUT2D eigenvalue weighted by molar-refractivity contribution is -0.122. The molecular weight excluding hydrogens is 254 g/mol. The summed E-state index contributed by atoms with van der Waals surface area (Å²) in [7, 11) is 0. The number of carbonyl (C=O) groups excluding carboxylic acids is 1. The fourth-order valence-electron chi connectivity index (χ4n) is 2.45. The Morgan fingerprint density at radius 2 is 2.15 bits per heavy atom. The van der Waals surface area contributed by atoms with Crippen molar-refractivity contribution in [2.75, 3.05) is 6.61 Å². The largest absolute Gasteiger partial charge is 0.363 e. The van der Waals surface area contributed by atoms with E-state index in [1.807, 2.05) is 47.4 Å². The fourth-order valence-corrected chi connectivity index (χ4v) is 2.45. The highest BCUT2D eigenvalue weighted by atomic mass is 16.6. The Bertz CT molecular complexity index is 634. The van der Waals surface area contributed by atoms with Crippen molar-refractivity contribution in [2.45, 2.75) is 24.5 Å². The number of nitrogens with one attached hydrogen (secondary N) is 1. The van der Waals surface area contributed by atoms with Crippen molar-refractivity contribution in [3.63, 3.8) is 0 Å². The van der Waals surface area contributed by atoms with Crippen LogP contribution in [0.2, 0.25) is 0 Å². The van der Waals surface area contributed by atoms with E-state index >= 15 is 0 Å². The number of amides is 1. The number of carbonyl (C=O) groups is 1. The minimum Gasteiger partial charge on any atom is -0.363 e. The Morgan fingerprint density at radius 3 is 2.90 bits per heavy atom. The first-order valence-corrected chi connectivity index (χ1v) is 6.83. The van der Waals surface area contributed by atoms with Gasteiger partial charge in [-0.1, -0.05) is 18.2 Å². The maximum absolute atomic E-state index is 11.6. The molecule has 102 valence electrons. The normalized spacial score (nSPS) is 27.1. The van der Waals surface area contributed by atoms with E-state index in [0.29, 0.717) is 12.5 Å². The number of para-hydroxylation sites is 1. The molecule has 1 aliphatic carbocycles. The van der Waals surface area contributed by atoms with Crippen LogP contribution in [0.1, 0.15) is 17.9 Å². The van der Waals surface area contributed by atoms with Gasteiger partial charge in [-0.2, -0.15) is 5.10 Å². The third kappa shape index (κ3) is 2.20. The van der Waals surface area contributed by atoms with Crippen LogP contribution in [-0.2, 0) is 9.53 Å². The average Bonchev–Trinajstić information content (AvgIpc) is 3.39. The second-order valence-corrected chi connectivity index (χ2v) is 5.33. The molecule has 2 aliphatic rings. The summed E-state index contributed by atoms with van der Waals surface area (Å²) < 4.78 is 6.84. The summed E-state index contributed by atoms with van der Waals surface area (Å²) in [6, 6.07) is 10.3. The molecule has 2 fully saturated rings. The molecule has 1 aromatic heterocycles. The van der Waals surface area contributed by atoms with E-state index in [4.69, 9.17) is 4.74 Å². The number of epoxide rings is 1. The second-order valence-electron chi connectivity index (χ2n) is 5.33. The van der Waals surface area contributed by atoms with Crippen molar-refractivity contribution >= 4 is 5.91 Å². The number of ether oxygens (including phenoxy) is 1. The van der Waals surface area contributed by atoms with E-state index in [1.54, 1.807) is 0 Å². The van der Waals surface area contributed by atoms with Gasteiger partial charge in [-0.05, 0) is 24.1 Å². The van der Waals surface area contributed by atoms with Gasteiger partial charge in [0.1, 0.15) is 0 Å². The van der Waals surface area contributed by atoms with Gasteiger partial charge in [0, 0.05) is 18.2 Å². The predicted octanol–water partition coefficient (Wildman–Crippen LogP) is 1.24. The van der Waals surface area contributed by atoms with Crippen molar-refractivity contribution in [3.05, 3.63) is 48.3 Å². The maximum Gasteiger partial charge on any atom is 0.251 e. The van der Waals surface area contributed by atoms with E-state index in [-0.39, 0.29) is 18.1 Å². The number of hydrogen-bond donors (Lipinski definition) is 1. The van der Waals surface area contributed by atoms with Gasteiger partial charge < -0.3 is 10.1 Å². The summed E-state index contributed by atoms with van der Waals surface area (Å²) in [5, 5.41) is 7.40. The van der Waals surface area contributed by atoms with Crippen molar-refractivity contribution in [2.24, 2.45) is 0 Å². The van der Waals surface area contributed by atoms with Crippen LogP contribution in [0.25, 0.3) is 5.69 Å². The summed E-state index contributed by atoms with van der Waals surface area (Å²) in [5.41, 5.74) is 2.22. The Balaban J connectivity index is 1.43. The van der Waals surface area contributed by atoms with E-state index in [9.17, 15) is 4.79 Å². The third-order valence-corrected chi connectivity index (χ3v) is 3.80.